The van der Waals surface area contributed by atoms with E-state index in [1.807, 2.05) is 0 Å². The predicted octanol–water partition coefficient (Wildman–Crippen LogP) is 2.73. The summed E-state index contributed by atoms with van der Waals surface area (Å²) < 4.78 is 46.1. The minimum atomic E-state index is -4.78. The van der Waals surface area contributed by atoms with E-state index >= 15 is 0 Å². The lowest BCUT2D eigenvalue weighted by atomic mass is 9.79. The van der Waals surface area contributed by atoms with Gasteiger partial charge in [-0.15, -0.1) is 25.6 Å². The van der Waals surface area contributed by atoms with Crippen molar-refractivity contribution in [3.63, 3.8) is 0 Å². The van der Waals surface area contributed by atoms with Crippen molar-refractivity contribution in [3.05, 3.63) is 24.3 Å². The molecule has 1 aromatic rings. The predicted molar refractivity (Wildman–Crippen MR) is 85.3 cm³/mol. The lowest BCUT2D eigenvalue weighted by Gasteiger charge is -2.37. The van der Waals surface area contributed by atoms with Gasteiger partial charge in [0.15, 0.2) is 0 Å². The normalized spacial score (nSPS) is 16.9. The van der Waals surface area contributed by atoms with E-state index in [-0.39, 0.29) is 30.6 Å². The van der Waals surface area contributed by atoms with Gasteiger partial charge in [-0.3, -0.25) is 4.79 Å². The molecule has 5 nitrogen and oxygen atoms in total. The van der Waals surface area contributed by atoms with Gasteiger partial charge in [-0.1, -0.05) is 6.07 Å². The maximum atomic E-state index is 12.8. The molecule has 1 aromatic carbocycles. The van der Waals surface area contributed by atoms with E-state index in [4.69, 9.17) is 10.5 Å². The van der Waals surface area contributed by atoms with E-state index in [9.17, 15) is 18.0 Å². The summed E-state index contributed by atoms with van der Waals surface area (Å²) in [7, 11) is 1.52. The highest BCUT2D eigenvalue weighted by molar-refractivity contribution is 5.97. The lowest BCUT2D eigenvalue weighted by molar-refractivity contribution is -0.274. The molecule has 2 rings (SSSR count). The summed E-state index contributed by atoms with van der Waals surface area (Å²) in [6, 6.07) is 5.31. The number of halogens is 4. The van der Waals surface area contributed by atoms with Crippen molar-refractivity contribution in [2.75, 3.05) is 31.7 Å². The van der Waals surface area contributed by atoms with Crippen LogP contribution in [0.15, 0.2) is 24.3 Å². The Balaban J connectivity index is 0.00000288. The van der Waals surface area contributed by atoms with Crippen molar-refractivity contribution in [3.8, 4) is 5.75 Å². The third-order valence-electron chi connectivity index (χ3n) is 4.04. The van der Waals surface area contributed by atoms with Crippen LogP contribution in [-0.2, 0) is 9.53 Å². The van der Waals surface area contributed by atoms with Crippen LogP contribution in [-0.4, -0.2) is 39.1 Å². The molecule has 0 aliphatic carbocycles. The quantitative estimate of drug-likeness (QED) is 0.887. The second-order valence-corrected chi connectivity index (χ2v) is 5.51. The molecule has 0 aromatic heterocycles. The number of rotatable bonds is 4. The van der Waals surface area contributed by atoms with Crippen LogP contribution in [0.1, 0.15) is 12.8 Å². The molecular formula is C15H20ClF3N2O3. The van der Waals surface area contributed by atoms with Crippen LogP contribution in [0.3, 0.4) is 0 Å². The maximum Gasteiger partial charge on any atom is 0.573 e. The Hall–Kier alpha value is -1.51. The first kappa shape index (κ1) is 20.5. The van der Waals surface area contributed by atoms with Gasteiger partial charge in [0.05, 0.1) is 5.41 Å². The van der Waals surface area contributed by atoms with Gasteiger partial charge < -0.3 is 20.1 Å². The Kier molecular flexibility index (Phi) is 6.88. The van der Waals surface area contributed by atoms with E-state index in [0.717, 1.165) is 0 Å². The maximum absolute atomic E-state index is 12.8. The standard InChI is InChI=1S/C15H19F3N2O3.ClH/c1-20(13(21)14(10-19)5-7-22-8-6-14)11-3-2-4-12(9-11)23-15(16,17)18;/h2-4,9H,5-8,10,19H2,1H3;1H. The molecule has 24 heavy (non-hydrogen) atoms. The van der Waals surface area contributed by atoms with E-state index in [2.05, 4.69) is 4.74 Å². The summed E-state index contributed by atoms with van der Waals surface area (Å²) in [6.45, 7) is 1.04. The fourth-order valence-electron chi connectivity index (χ4n) is 2.63. The number of hydrogen-bond acceptors (Lipinski definition) is 4. The molecule has 2 N–H and O–H groups in total. The van der Waals surface area contributed by atoms with Gasteiger partial charge in [0.2, 0.25) is 5.91 Å². The van der Waals surface area contributed by atoms with Crippen LogP contribution in [0.2, 0.25) is 0 Å². The topological polar surface area (TPSA) is 64.8 Å². The van der Waals surface area contributed by atoms with Crippen LogP contribution in [0, 0.1) is 5.41 Å². The molecule has 0 spiro atoms. The zero-order valence-electron chi connectivity index (χ0n) is 13.1. The second kappa shape index (κ2) is 8.04. The lowest BCUT2D eigenvalue weighted by Crippen LogP contribution is -2.49. The van der Waals surface area contributed by atoms with Crippen molar-refractivity contribution in [1.29, 1.82) is 0 Å². The largest absolute Gasteiger partial charge is 0.573 e. The molecule has 1 fully saturated rings. The van der Waals surface area contributed by atoms with Gasteiger partial charge >= 0.3 is 6.36 Å². The molecule has 1 aliphatic heterocycles. The van der Waals surface area contributed by atoms with Gasteiger partial charge in [0.1, 0.15) is 5.75 Å². The number of amides is 1. The number of nitrogens with zero attached hydrogens (tertiary/aromatic N) is 1. The Bertz CT molecular complexity index is 563. The van der Waals surface area contributed by atoms with Crippen molar-refractivity contribution < 1.29 is 27.4 Å². The first-order valence-corrected chi connectivity index (χ1v) is 7.19. The van der Waals surface area contributed by atoms with Gasteiger partial charge in [-0.05, 0) is 25.0 Å². The Morgan fingerprint density at radius 1 is 1.38 bits per heavy atom. The molecule has 1 aliphatic rings. The zero-order chi connectivity index (χ0) is 17.1. The third-order valence-corrected chi connectivity index (χ3v) is 4.04. The molecule has 9 heteroatoms. The fourth-order valence-corrected chi connectivity index (χ4v) is 2.63. The molecule has 136 valence electrons. The Morgan fingerprint density at radius 3 is 2.54 bits per heavy atom. The van der Waals surface area contributed by atoms with Crippen molar-refractivity contribution in [2.24, 2.45) is 11.1 Å². The smallest absolute Gasteiger partial charge is 0.406 e. The first-order chi connectivity index (χ1) is 10.8. The number of hydrogen-bond donors (Lipinski definition) is 1. The number of carbonyl (C=O) groups excluding carboxylic acids is 1. The highest BCUT2D eigenvalue weighted by atomic mass is 35.5. The molecule has 1 saturated heterocycles. The number of nitrogens with two attached hydrogens (primary N) is 1. The van der Waals surface area contributed by atoms with Crippen LogP contribution >= 0.6 is 12.4 Å². The molecule has 0 unspecified atom stereocenters. The number of benzene rings is 1. The summed E-state index contributed by atoms with van der Waals surface area (Å²) in [6.07, 6.45) is -3.79. The highest BCUT2D eigenvalue weighted by Gasteiger charge is 2.41. The SMILES string of the molecule is CN(C(=O)C1(CN)CCOCC1)c1cccc(OC(F)(F)F)c1.Cl. The van der Waals surface area contributed by atoms with Gasteiger partial charge in [0, 0.05) is 38.6 Å². The Labute approximate surface area is 144 Å². The molecule has 1 amide bonds. The van der Waals surface area contributed by atoms with Crippen LogP contribution in [0.25, 0.3) is 0 Å². The molecule has 1 heterocycles. The first-order valence-electron chi connectivity index (χ1n) is 7.19. The molecule has 0 saturated carbocycles. The van der Waals surface area contributed by atoms with E-state index in [1.165, 1.54) is 30.1 Å². The molecular weight excluding hydrogens is 349 g/mol. The van der Waals surface area contributed by atoms with Crippen molar-refractivity contribution in [1.82, 2.24) is 0 Å². The van der Waals surface area contributed by atoms with Crippen LogP contribution in [0.5, 0.6) is 5.75 Å². The number of alkyl halides is 3. The average Bonchev–Trinajstić information content (AvgIpc) is 2.52. The monoisotopic (exact) mass is 368 g/mol. The molecule has 0 bridgehead atoms. The summed E-state index contributed by atoms with van der Waals surface area (Å²) in [5, 5.41) is 0. The van der Waals surface area contributed by atoms with Crippen molar-refractivity contribution in [2.45, 2.75) is 19.2 Å². The summed E-state index contributed by atoms with van der Waals surface area (Å²) in [5.41, 5.74) is 5.37. The minimum Gasteiger partial charge on any atom is -0.406 e. The minimum absolute atomic E-state index is 0. The zero-order valence-corrected chi connectivity index (χ0v) is 14.0. The summed E-state index contributed by atoms with van der Waals surface area (Å²) >= 11 is 0. The van der Waals surface area contributed by atoms with Gasteiger partial charge in [0.25, 0.3) is 0 Å². The molecule has 0 radical (unpaired) electrons. The summed E-state index contributed by atoms with van der Waals surface area (Å²) in [5.74, 6) is -0.601. The van der Waals surface area contributed by atoms with Crippen LogP contribution in [0.4, 0.5) is 18.9 Å². The Morgan fingerprint density at radius 2 is 2.00 bits per heavy atom. The van der Waals surface area contributed by atoms with Crippen molar-refractivity contribution >= 4 is 24.0 Å². The third kappa shape index (κ3) is 4.75. The average molecular weight is 369 g/mol. The number of anilines is 1. The highest BCUT2D eigenvalue weighted by Crippen LogP contribution is 2.34. The van der Waals surface area contributed by atoms with E-state index in [1.54, 1.807) is 6.07 Å². The van der Waals surface area contributed by atoms with E-state index < -0.39 is 11.8 Å². The van der Waals surface area contributed by atoms with Gasteiger partial charge in [-0.2, -0.15) is 0 Å². The number of carbonyl (C=O) groups is 1. The summed E-state index contributed by atoms with van der Waals surface area (Å²) in [4.78, 5) is 14.1. The van der Waals surface area contributed by atoms with E-state index in [0.29, 0.717) is 31.7 Å². The van der Waals surface area contributed by atoms with Crippen LogP contribution < -0.4 is 15.4 Å². The second-order valence-electron chi connectivity index (χ2n) is 5.51. The molecule has 0 atom stereocenters. The van der Waals surface area contributed by atoms with Gasteiger partial charge in [-0.25, -0.2) is 0 Å². The number of ether oxygens (including phenoxy) is 2. The fraction of sp³-hybridized carbons (Fsp3) is 0.533.